The Morgan fingerprint density at radius 3 is 2.64 bits per heavy atom. The first kappa shape index (κ1) is 10.9. The van der Waals surface area contributed by atoms with E-state index in [-0.39, 0.29) is 0 Å². The third kappa shape index (κ3) is 2.96. The van der Waals surface area contributed by atoms with E-state index in [4.69, 9.17) is 0 Å². The second kappa shape index (κ2) is 4.38. The van der Waals surface area contributed by atoms with Gasteiger partial charge in [0.15, 0.2) is 0 Å². The van der Waals surface area contributed by atoms with Crippen molar-refractivity contribution < 1.29 is 5.11 Å². The molecule has 76 valence electrons. The van der Waals surface area contributed by atoms with E-state index in [2.05, 4.69) is 11.6 Å². The first-order chi connectivity index (χ1) is 6.49. The van der Waals surface area contributed by atoms with Gasteiger partial charge in [0, 0.05) is 5.69 Å². The van der Waals surface area contributed by atoms with Crippen LogP contribution in [0.15, 0.2) is 24.3 Å². The fourth-order valence-electron chi connectivity index (χ4n) is 1.48. The quantitative estimate of drug-likeness (QED) is 0.745. The van der Waals surface area contributed by atoms with Gasteiger partial charge in [-0.05, 0) is 44.9 Å². The summed E-state index contributed by atoms with van der Waals surface area (Å²) < 4.78 is 0. The van der Waals surface area contributed by atoms with Crippen molar-refractivity contribution in [2.45, 2.75) is 33.3 Å². The molecule has 1 unspecified atom stereocenters. The van der Waals surface area contributed by atoms with Crippen molar-refractivity contribution in [2.75, 3.05) is 0 Å². The Hall–Kier alpha value is -1.15. The van der Waals surface area contributed by atoms with Crippen LogP contribution in [0, 0.1) is 13.8 Å². The lowest BCUT2D eigenvalue weighted by molar-refractivity contribution is 0.173. The van der Waals surface area contributed by atoms with Crippen LogP contribution in [0.5, 0.6) is 0 Å². The molecule has 1 atom stereocenters. The van der Waals surface area contributed by atoms with Crippen molar-refractivity contribution in [1.82, 2.24) is 4.98 Å². The molecule has 2 nitrogen and oxygen atoms in total. The van der Waals surface area contributed by atoms with Crippen LogP contribution in [0.2, 0.25) is 0 Å². The van der Waals surface area contributed by atoms with Crippen LogP contribution in [0.25, 0.3) is 0 Å². The average molecular weight is 191 g/mol. The van der Waals surface area contributed by atoms with Crippen molar-refractivity contribution >= 4 is 0 Å². The number of hydrogen-bond acceptors (Lipinski definition) is 2. The lowest BCUT2D eigenvalue weighted by Gasteiger charge is -2.11. The molecular formula is C12H17NO. The number of aryl methyl sites for hydroxylation is 2. The minimum absolute atomic E-state index is 0.522. The van der Waals surface area contributed by atoms with Crippen molar-refractivity contribution in [3.63, 3.8) is 0 Å². The number of aliphatic hydroxyl groups is 1. The molecule has 2 heteroatoms. The van der Waals surface area contributed by atoms with Gasteiger partial charge in [-0.1, -0.05) is 5.57 Å². The smallest absolute Gasteiger partial charge is 0.0996 e. The molecule has 0 amide bonds. The van der Waals surface area contributed by atoms with Crippen LogP contribution in [-0.2, 0) is 0 Å². The molecule has 0 saturated carbocycles. The lowest BCUT2D eigenvalue weighted by atomic mass is 10.1. The highest BCUT2D eigenvalue weighted by atomic mass is 16.3. The Morgan fingerprint density at radius 2 is 2.14 bits per heavy atom. The van der Waals surface area contributed by atoms with Crippen molar-refractivity contribution in [1.29, 1.82) is 0 Å². The zero-order chi connectivity index (χ0) is 10.7. The summed E-state index contributed by atoms with van der Waals surface area (Å²) in [5, 5.41) is 9.82. The molecule has 1 rings (SSSR count). The summed E-state index contributed by atoms with van der Waals surface area (Å²) in [4.78, 5) is 4.30. The zero-order valence-electron chi connectivity index (χ0n) is 9.04. The minimum atomic E-state index is -0.522. The van der Waals surface area contributed by atoms with Crippen molar-refractivity contribution in [2.24, 2.45) is 0 Å². The van der Waals surface area contributed by atoms with Gasteiger partial charge in [-0.3, -0.25) is 4.98 Å². The van der Waals surface area contributed by atoms with E-state index < -0.39 is 6.10 Å². The van der Waals surface area contributed by atoms with Gasteiger partial charge in [-0.25, -0.2) is 0 Å². The maximum Gasteiger partial charge on any atom is 0.0996 e. The minimum Gasteiger partial charge on any atom is -0.386 e. The molecule has 0 aliphatic heterocycles. The van der Waals surface area contributed by atoms with Gasteiger partial charge in [-0.2, -0.15) is 0 Å². The lowest BCUT2D eigenvalue weighted by Crippen LogP contribution is -2.02. The molecule has 0 bridgehead atoms. The average Bonchev–Trinajstić information content (AvgIpc) is 2.00. The van der Waals surface area contributed by atoms with E-state index in [1.54, 1.807) is 0 Å². The Balaban J connectivity index is 2.89. The molecular weight excluding hydrogens is 174 g/mol. The van der Waals surface area contributed by atoms with Gasteiger partial charge in [-0.15, -0.1) is 6.58 Å². The SMILES string of the molecule is C=C(C)CC(O)c1cc(C)cc(C)n1. The van der Waals surface area contributed by atoms with Crippen LogP contribution in [0.1, 0.15) is 36.4 Å². The molecule has 1 heterocycles. The molecule has 14 heavy (non-hydrogen) atoms. The normalized spacial score (nSPS) is 12.6. The second-order valence-corrected chi connectivity index (χ2v) is 3.89. The molecule has 0 fully saturated rings. The molecule has 1 aromatic heterocycles. The van der Waals surface area contributed by atoms with Gasteiger partial charge < -0.3 is 5.11 Å². The molecule has 0 aliphatic carbocycles. The predicted molar refractivity (Wildman–Crippen MR) is 58.1 cm³/mol. The van der Waals surface area contributed by atoms with Crippen molar-refractivity contribution in [3.8, 4) is 0 Å². The van der Waals surface area contributed by atoms with E-state index in [9.17, 15) is 5.11 Å². The van der Waals surface area contributed by atoms with Gasteiger partial charge in [0.1, 0.15) is 0 Å². The van der Waals surface area contributed by atoms with Gasteiger partial charge in [0.2, 0.25) is 0 Å². The van der Waals surface area contributed by atoms with Crippen LogP contribution in [0.3, 0.4) is 0 Å². The number of nitrogens with zero attached hydrogens (tertiary/aromatic N) is 1. The summed E-state index contributed by atoms with van der Waals surface area (Å²) in [5.74, 6) is 0. The van der Waals surface area contributed by atoms with Crippen LogP contribution in [-0.4, -0.2) is 10.1 Å². The summed E-state index contributed by atoms with van der Waals surface area (Å²) in [6, 6.07) is 3.91. The Bertz CT molecular complexity index is 324. The largest absolute Gasteiger partial charge is 0.386 e. The molecule has 0 saturated heterocycles. The van der Waals surface area contributed by atoms with Gasteiger partial charge in [0.05, 0.1) is 11.8 Å². The second-order valence-electron chi connectivity index (χ2n) is 3.89. The highest BCUT2D eigenvalue weighted by Gasteiger charge is 2.09. The fourth-order valence-corrected chi connectivity index (χ4v) is 1.48. The van der Waals surface area contributed by atoms with E-state index in [1.165, 1.54) is 0 Å². The van der Waals surface area contributed by atoms with E-state index in [0.717, 1.165) is 22.5 Å². The Kier molecular flexibility index (Phi) is 3.42. The predicted octanol–water partition coefficient (Wildman–Crippen LogP) is 2.70. The Labute approximate surface area is 85.3 Å². The summed E-state index contributed by atoms with van der Waals surface area (Å²) >= 11 is 0. The summed E-state index contributed by atoms with van der Waals surface area (Å²) in [7, 11) is 0. The molecule has 1 N–H and O–H groups in total. The highest BCUT2D eigenvalue weighted by Crippen LogP contribution is 2.19. The van der Waals surface area contributed by atoms with Crippen LogP contribution < -0.4 is 0 Å². The first-order valence-corrected chi connectivity index (χ1v) is 4.76. The maximum absolute atomic E-state index is 9.82. The topological polar surface area (TPSA) is 33.1 Å². The number of rotatable bonds is 3. The van der Waals surface area contributed by atoms with Gasteiger partial charge >= 0.3 is 0 Å². The fraction of sp³-hybridized carbons (Fsp3) is 0.417. The standard InChI is InChI=1S/C12H17NO/c1-8(2)5-12(14)11-7-9(3)6-10(4)13-11/h6-7,12,14H,1,5H2,2-4H3. The highest BCUT2D eigenvalue weighted by molar-refractivity contribution is 5.21. The summed E-state index contributed by atoms with van der Waals surface area (Å²) in [6.07, 6.45) is 0.0571. The maximum atomic E-state index is 9.82. The number of pyridine rings is 1. The van der Waals surface area contributed by atoms with E-state index >= 15 is 0 Å². The molecule has 0 aromatic carbocycles. The van der Waals surface area contributed by atoms with E-state index in [1.807, 2.05) is 32.9 Å². The molecule has 0 spiro atoms. The number of aliphatic hydroxyl groups excluding tert-OH is 1. The van der Waals surface area contributed by atoms with Gasteiger partial charge in [0.25, 0.3) is 0 Å². The van der Waals surface area contributed by atoms with Crippen molar-refractivity contribution in [3.05, 3.63) is 41.2 Å². The summed E-state index contributed by atoms with van der Waals surface area (Å²) in [6.45, 7) is 9.63. The summed E-state index contributed by atoms with van der Waals surface area (Å²) in [5.41, 5.74) is 3.79. The molecule has 1 aromatic rings. The third-order valence-electron chi connectivity index (χ3n) is 2.00. The number of aromatic nitrogens is 1. The third-order valence-corrected chi connectivity index (χ3v) is 2.00. The monoisotopic (exact) mass is 191 g/mol. The zero-order valence-corrected chi connectivity index (χ0v) is 9.04. The molecule has 0 aliphatic rings. The molecule has 0 radical (unpaired) electrons. The van der Waals surface area contributed by atoms with Crippen LogP contribution in [0.4, 0.5) is 0 Å². The van der Waals surface area contributed by atoms with Crippen LogP contribution >= 0.6 is 0 Å². The van der Waals surface area contributed by atoms with E-state index in [0.29, 0.717) is 6.42 Å². The first-order valence-electron chi connectivity index (χ1n) is 4.76. The number of hydrogen-bond donors (Lipinski definition) is 1. The Morgan fingerprint density at radius 1 is 1.50 bits per heavy atom.